The number of nitrogens with two attached hydrogens (primary N) is 1. The van der Waals surface area contributed by atoms with Crippen molar-refractivity contribution in [2.45, 2.75) is 47.0 Å². The largest absolute Gasteiger partial charge is 0.467 e. The summed E-state index contributed by atoms with van der Waals surface area (Å²) in [7, 11) is 0. The fraction of sp³-hybridized carbons (Fsp3) is 0.0854. The number of halogens is 1. The summed E-state index contributed by atoms with van der Waals surface area (Å²) in [4.78, 5) is 86.9. The van der Waals surface area contributed by atoms with Gasteiger partial charge in [0.15, 0.2) is 0 Å². The number of pyridine rings is 1. The second kappa shape index (κ2) is 30.3. The van der Waals surface area contributed by atoms with Crippen LogP contribution in [0.4, 0.5) is 15.8 Å². The van der Waals surface area contributed by atoms with Crippen LogP contribution >= 0.6 is 11.3 Å². The van der Waals surface area contributed by atoms with Gasteiger partial charge < -0.3 is 14.7 Å². The standard InChI is InChI=1S/C21H15FN4O3.C21H17N3O.C20H16N2O2.C20H16N2OS/c22-14-6-9-19-18(10-14)24-20(16-11-15(26(28)29)7-8-17(16)23)21(27)25(19)12-13-4-2-1-3-5-13;1-15-7-6-8-16(13-15)20-21(25)24(14-17-9-4-5-12-22-17)19-11-3-2-10-18(19)23-20;2*1-14-6-4-7-15(12-14)19-20(23)22(13-16-8-5-11-24-16)18-10-3-2-9-17(18)21-19/h1-11H,12,23H2;2-13H,14H2,1H3;2*2-12H,13H2,1H3. The zero-order chi connectivity index (χ0) is 70.8. The van der Waals surface area contributed by atoms with Crippen molar-refractivity contribution in [3.05, 3.63) is 369 Å². The predicted molar refractivity (Wildman–Crippen MR) is 401 cm³/mol. The molecule has 0 amide bonds. The summed E-state index contributed by atoms with van der Waals surface area (Å²) < 4.78 is 26.0. The van der Waals surface area contributed by atoms with E-state index in [0.717, 1.165) is 88.4 Å². The Balaban J connectivity index is 0.000000122. The monoisotopic (exact) mass is 1370 g/mol. The number of non-ortho nitro benzene ring substituents is 1. The smallest absolute Gasteiger partial charge is 0.278 e. The van der Waals surface area contributed by atoms with Crippen molar-refractivity contribution < 1.29 is 13.7 Å². The molecule has 0 fully saturated rings. The van der Waals surface area contributed by atoms with Gasteiger partial charge in [-0.25, -0.2) is 24.3 Å². The third-order valence-corrected chi connectivity index (χ3v) is 17.7. The quantitative estimate of drug-likeness (QED) is 0.0643. The number of nitrogens with zero attached hydrogens (tertiary/aromatic N) is 10. The number of nitrogen functional groups attached to an aromatic ring is 1. The van der Waals surface area contributed by atoms with E-state index in [4.69, 9.17) is 10.2 Å². The number of nitro benzene ring substituents is 1. The van der Waals surface area contributed by atoms with Gasteiger partial charge in [0.2, 0.25) is 0 Å². The van der Waals surface area contributed by atoms with Crippen molar-refractivity contribution in [3.8, 4) is 45.0 Å². The molecule has 0 saturated heterocycles. The van der Waals surface area contributed by atoms with E-state index < -0.39 is 16.3 Å². The van der Waals surface area contributed by atoms with Gasteiger partial charge in [-0.1, -0.05) is 150 Å². The summed E-state index contributed by atoms with van der Waals surface area (Å²) >= 11 is 1.66. The molecule has 16 rings (SSSR count). The Morgan fingerprint density at radius 1 is 0.451 bits per heavy atom. The highest BCUT2D eigenvalue weighted by Gasteiger charge is 2.21. The van der Waals surface area contributed by atoms with Gasteiger partial charge in [0.1, 0.15) is 34.4 Å². The number of thiophene rings is 1. The maximum atomic E-state index is 13.8. The lowest BCUT2D eigenvalue weighted by molar-refractivity contribution is -0.384. The molecule has 0 bridgehead atoms. The molecular formula is C82H64FN11O7S. The molecule has 502 valence electrons. The van der Waals surface area contributed by atoms with Gasteiger partial charge in [-0.3, -0.25) is 48.0 Å². The fourth-order valence-corrected chi connectivity index (χ4v) is 12.6. The first kappa shape index (κ1) is 67.4. The zero-order valence-electron chi connectivity index (χ0n) is 55.5. The van der Waals surface area contributed by atoms with E-state index in [1.54, 1.807) is 32.9 Å². The predicted octanol–water partition coefficient (Wildman–Crippen LogP) is 16.1. The third kappa shape index (κ3) is 15.1. The van der Waals surface area contributed by atoms with E-state index in [1.807, 2.05) is 243 Å². The maximum absolute atomic E-state index is 13.8. The number of benzene rings is 9. The van der Waals surface area contributed by atoms with E-state index in [-0.39, 0.29) is 51.4 Å². The minimum absolute atomic E-state index is 0.0484. The van der Waals surface area contributed by atoms with Crippen molar-refractivity contribution in [3.63, 3.8) is 0 Å². The second-order valence-corrected chi connectivity index (χ2v) is 25.1. The molecule has 0 aliphatic heterocycles. The lowest BCUT2D eigenvalue weighted by Gasteiger charge is -2.13. The molecule has 20 heteroatoms. The van der Waals surface area contributed by atoms with Crippen LogP contribution in [0.2, 0.25) is 0 Å². The number of aromatic nitrogens is 9. The molecule has 0 spiro atoms. The molecule has 102 heavy (non-hydrogen) atoms. The second-order valence-electron chi connectivity index (χ2n) is 24.1. The number of anilines is 1. The van der Waals surface area contributed by atoms with Gasteiger partial charge >= 0.3 is 0 Å². The number of fused-ring (bicyclic) bond motifs is 4. The Bertz CT molecular complexity index is 5830. The first-order valence-electron chi connectivity index (χ1n) is 32.5. The molecule has 7 heterocycles. The van der Waals surface area contributed by atoms with Gasteiger partial charge in [-0.15, -0.1) is 11.3 Å². The first-order chi connectivity index (χ1) is 49.6. The lowest BCUT2D eigenvalue weighted by Crippen LogP contribution is -2.24. The Labute approximate surface area is 586 Å². The van der Waals surface area contributed by atoms with Crippen LogP contribution in [-0.4, -0.2) is 48.1 Å². The molecule has 2 N–H and O–H groups in total. The summed E-state index contributed by atoms with van der Waals surface area (Å²) in [5.74, 6) is 0.233. The molecule has 0 saturated carbocycles. The minimum Gasteiger partial charge on any atom is -0.467 e. The molecule has 16 aromatic rings. The SMILES string of the molecule is Cc1cccc(-c2nc3ccccc3n(Cc3ccccn3)c2=O)c1.Cc1cccc(-c2nc3ccccc3n(Cc3ccco3)c2=O)c1.Cc1cccc(-c2nc3ccccc3n(Cc3cccs3)c2=O)c1.Nc1ccc([N+](=O)[O-])cc1-c1nc2cc(F)ccc2n(Cc2ccccc2)c1=O. The van der Waals surface area contributed by atoms with Crippen LogP contribution < -0.4 is 28.0 Å². The van der Waals surface area contributed by atoms with Gasteiger partial charge in [-0.05, 0) is 135 Å². The number of aryl methyl sites for hydroxylation is 3. The number of nitro groups is 1. The number of para-hydroxylation sites is 6. The van der Waals surface area contributed by atoms with Crippen LogP contribution in [0, 0.1) is 36.7 Å². The molecule has 9 aromatic carbocycles. The van der Waals surface area contributed by atoms with Crippen molar-refractivity contribution >= 4 is 66.8 Å². The van der Waals surface area contributed by atoms with Crippen LogP contribution in [-0.2, 0) is 26.2 Å². The van der Waals surface area contributed by atoms with Crippen molar-refractivity contribution in [1.29, 1.82) is 0 Å². The summed E-state index contributed by atoms with van der Waals surface area (Å²) in [5, 5.41) is 13.2. The number of hydrogen-bond donors (Lipinski definition) is 1. The van der Waals surface area contributed by atoms with E-state index in [9.17, 15) is 33.7 Å². The van der Waals surface area contributed by atoms with Crippen LogP contribution in [0.15, 0.2) is 296 Å². The Hall–Kier alpha value is -13.2. The molecule has 0 unspecified atom stereocenters. The summed E-state index contributed by atoms with van der Waals surface area (Å²) in [6, 6.07) is 77.4. The summed E-state index contributed by atoms with van der Waals surface area (Å²) in [5.41, 5.74) is 19.9. The Morgan fingerprint density at radius 3 is 1.44 bits per heavy atom. The van der Waals surface area contributed by atoms with E-state index in [1.165, 1.54) is 41.0 Å². The minimum atomic E-state index is -0.577. The number of furan rings is 1. The fourth-order valence-electron chi connectivity index (χ4n) is 11.9. The van der Waals surface area contributed by atoms with Crippen LogP contribution in [0.3, 0.4) is 0 Å². The highest BCUT2D eigenvalue weighted by atomic mass is 32.1. The Kier molecular flexibility index (Phi) is 20.0. The van der Waals surface area contributed by atoms with E-state index >= 15 is 0 Å². The molecule has 7 aromatic heterocycles. The molecule has 0 atom stereocenters. The van der Waals surface area contributed by atoms with Gasteiger partial charge in [0.25, 0.3) is 27.9 Å². The molecular weight excluding hydrogens is 1300 g/mol. The molecule has 0 aliphatic carbocycles. The van der Waals surface area contributed by atoms with Crippen molar-refractivity contribution in [1.82, 2.24) is 43.2 Å². The first-order valence-corrected chi connectivity index (χ1v) is 33.4. The summed E-state index contributed by atoms with van der Waals surface area (Å²) in [6.45, 7) is 7.64. The van der Waals surface area contributed by atoms with Crippen LogP contribution in [0.25, 0.3) is 89.2 Å². The Morgan fingerprint density at radius 2 is 0.941 bits per heavy atom. The molecule has 0 radical (unpaired) electrons. The summed E-state index contributed by atoms with van der Waals surface area (Å²) in [6.07, 6.45) is 3.36. The molecule has 0 aliphatic rings. The van der Waals surface area contributed by atoms with Crippen LogP contribution in [0.5, 0.6) is 0 Å². The van der Waals surface area contributed by atoms with E-state index in [2.05, 4.69) is 31.0 Å². The zero-order valence-corrected chi connectivity index (χ0v) is 56.3. The highest BCUT2D eigenvalue weighted by molar-refractivity contribution is 7.09. The molecule has 18 nitrogen and oxygen atoms in total. The van der Waals surface area contributed by atoms with Crippen molar-refractivity contribution in [2.24, 2.45) is 0 Å². The highest BCUT2D eigenvalue weighted by Crippen LogP contribution is 2.30. The van der Waals surface area contributed by atoms with Crippen LogP contribution in [0.1, 0.15) is 38.6 Å². The van der Waals surface area contributed by atoms with Gasteiger partial charge in [0.05, 0.1) is 87.2 Å². The third-order valence-electron chi connectivity index (χ3n) is 16.9. The number of hydrogen-bond acceptors (Lipinski definition) is 14. The average Bonchev–Trinajstić information content (AvgIpc) is 0.855. The normalized spacial score (nSPS) is 11.0. The van der Waals surface area contributed by atoms with E-state index in [0.29, 0.717) is 42.2 Å². The average molecular weight is 1370 g/mol. The van der Waals surface area contributed by atoms with Gasteiger partial charge in [0, 0.05) is 57.2 Å². The number of rotatable bonds is 13. The maximum Gasteiger partial charge on any atom is 0.278 e. The van der Waals surface area contributed by atoms with Crippen molar-refractivity contribution in [2.75, 3.05) is 5.73 Å². The van der Waals surface area contributed by atoms with Gasteiger partial charge in [-0.2, -0.15) is 0 Å². The topological polar surface area (TPSA) is 235 Å². The lowest BCUT2D eigenvalue weighted by atomic mass is 10.1.